The molecule has 0 spiro atoms. The Morgan fingerprint density at radius 3 is 2.23 bits per heavy atom. The quantitative estimate of drug-likeness (QED) is 0.860. The maximum atomic E-state index is 12.5. The van der Waals surface area contributed by atoms with Gasteiger partial charge in [0.1, 0.15) is 0 Å². The normalized spacial score (nSPS) is 15.3. The van der Waals surface area contributed by atoms with Crippen LogP contribution >= 0.6 is 0 Å². The maximum Gasteiger partial charge on any atom is 0.230 e. The summed E-state index contributed by atoms with van der Waals surface area (Å²) in [6.07, 6.45) is 2.68. The molecule has 1 amide bonds. The first-order chi connectivity index (χ1) is 10.7. The average Bonchev–Trinajstić information content (AvgIpc) is 3.38. The number of amides is 1. The van der Waals surface area contributed by atoms with Crippen LogP contribution in [0.2, 0.25) is 0 Å². The Balaban J connectivity index is 1.54. The number of carbonyl (C=O) groups excluding carboxylic acids is 1. The Kier molecular flexibility index (Phi) is 4.25. The van der Waals surface area contributed by atoms with Crippen LogP contribution < -0.4 is 5.32 Å². The molecule has 3 rings (SSSR count). The van der Waals surface area contributed by atoms with E-state index in [1.807, 2.05) is 54.6 Å². The number of hydrogen-bond acceptors (Lipinski definition) is 2. The molecule has 22 heavy (non-hydrogen) atoms. The fraction of sp³-hybridized carbons (Fsp3) is 0.316. The summed E-state index contributed by atoms with van der Waals surface area (Å²) in [7, 11) is 0. The van der Waals surface area contributed by atoms with Gasteiger partial charge < -0.3 is 10.4 Å². The number of carbonyl (C=O) groups is 1. The third-order valence-electron chi connectivity index (χ3n) is 4.42. The van der Waals surface area contributed by atoms with Gasteiger partial charge in [-0.2, -0.15) is 0 Å². The minimum Gasteiger partial charge on any atom is -0.392 e. The van der Waals surface area contributed by atoms with Gasteiger partial charge in [-0.25, -0.2) is 0 Å². The molecule has 114 valence electrons. The first-order valence-electron chi connectivity index (χ1n) is 7.77. The minimum atomic E-state index is -0.290. The zero-order valence-electron chi connectivity index (χ0n) is 12.6. The highest BCUT2D eigenvalue weighted by molar-refractivity contribution is 5.91. The summed E-state index contributed by atoms with van der Waals surface area (Å²) in [6.45, 7) is 0.711. The minimum absolute atomic E-state index is 0.0661. The summed E-state index contributed by atoms with van der Waals surface area (Å²) >= 11 is 0. The van der Waals surface area contributed by atoms with Gasteiger partial charge in [0, 0.05) is 6.54 Å². The Morgan fingerprint density at radius 1 is 1.00 bits per heavy atom. The molecule has 1 aliphatic carbocycles. The molecule has 0 saturated heterocycles. The van der Waals surface area contributed by atoms with E-state index >= 15 is 0 Å². The van der Waals surface area contributed by atoms with Crippen molar-refractivity contribution in [3.8, 4) is 0 Å². The predicted molar refractivity (Wildman–Crippen MR) is 86.4 cm³/mol. The number of aliphatic hydroxyl groups excluding tert-OH is 1. The summed E-state index contributed by atoms with van der Waals surface area (Å²) in [5.74, 6) is 0.144. The molecule has 0 heterocycles. The van der Waals surface area contributed by atoms with Crippen LogP contribution in [0.5, 0.6) is 0 Å². The standard InChI is InChI=1S/C19H21NO2/c21-14-16-8-6-15(7-9-16)10-13-20-18(22)19(11-12-19)17-4-2-1-3-5-17/h1-9,21H,10-14H2,(H,20,22). The van der Waals surface area contributed by atoms with Crippen LogP contribution in [0, 0.1) is 0 Å². The number of hydrogen-bond donors (Lipinski definition) is 2. The smallest absolute Gasteiger partial charge is 0.230 e. The first-order valence-corrected chi connectivity index (χ1v) is 7.77. The van der Waals surface area contributed by atoms with Crippen molar-refractivity contribution in [3.63, 3.8) is 0 Å². The van der Waals surface area contributed by atoms with Gasteiger partial charge in [0.25, 0.3) is 0 Å². The van der Waals surface area contributed by atoms with E-state index in [1.54, 1.807) is 0 Å². The molecule has 0 bridgehead atoms. The molecule has 1 aliphatic rings. The molecule has 0 atom stereocenters. The summed E-state index contributed by atoms with van der Waals surface area (Å²) in [5, 5.41) is 12.1. The lowest BCUT2D eigenvalue weighted by Crippen LogP contribution is -2.35. The summed E-state index contributed by atoms with van der Waals surface area (Å²) in [6, 6.07) is 17.9. The van der Waals surface area contributed by atoms with E-state index in [0.29, 0.717) is 6.54 Å². The second kappa shape index (κ2) is 6.32. The Hall–Kier alpha value is -2.13. The van der Waals surface area contributed by atoms with Crippen LogP contribution in [0.1, 0.15) is 29.5 Å². The fourth-order valence-corrected chi connectivity index (χ4v) is 2.83. The molecule has 0 radical (unpaired) electrons. The third kappa shape index (κ3) is 3.04. The van der Waals surface area contributed by atoms with Gasteiger partial charge in [0.05, 0.1) is 12.0 Å². The van der Waals surface area contributed by atoms with Crippen LogP contribution in [-0.2, 0) is 23.2 Å². The van der Waals surface area contributed by atoms with Crippen molar-refractivity contribution in [2.75, 3.05) is 6.54 Å². The van der Waals surface area contributed by atoms with Crippen LogP contribution in [0.3, 0.4) is 0 Å². The summed E-state index contributed by atoms with van der Waals surface area (Å²) in [5.41, 5.74) is 2.91. The molecule has 3 nitrogen and oxygen atoms in total. The molecule has 1 saturated carbocycles. The van der Waals surface area contributed by atoms with Crippen molar-refractivity contribution in [1.29, 1.82) is 0 Å². The monoisotopic (exact) mass is 295 g/mol. The van der Waals surface area contributed by atoms with Crippen LogP contribution in [0.4, 0.5) is 0 Å². The largest absolute Gasteiger partial charge is 0.392 e. The molecule has 2 N–H and O–H groups in total. The predicted octanol–water partition coefficient (Wildman–Crippen LogP) is 2.57. The average molecular weight is 295 g/mol. The molecule has 2 aromatic rings. The highest BCUT2D eigenvalue weighted by atomic mass is 16.3. The summed E-state index contributed by atoms with van der Waals surface area (Å²) in [4.78, 5) is 12.5. The lowest BCUT2D eigenvalue weighted by molar-refractivity contribution is -0.123. The lowest BCUT2D eigenvalue weighted by atomic mass is 9.95. The maximum absolute atomic E-state index is 12.5. The van der Waals surface area contributed by atoms with E-state index in [2.05, 4.69) is 5.32 Å². The second-order valence-electron chi connectivity index (χ2n) is 5.93. The molecular weight excluding hydrogens is 274 g/mol. The van der Waals surface area contributed by atoms with Crippen LogP contribution in [-0.4, -0.2) is 17.6 Å². The highest BCUT2D eigenvalue weighted by Crippen LogP contribution is 2.48. The van der Waals surface area contributed by atoms with Gasteiger partial charge in [0.2, 0.25) is 5.91 Å². The van der Waals surface area contributed by atoms with Crippen LogP contribution in [0.15, 0.2) is 54.6 Å². The number of rotatable bonds is 6. The van der Waals surface area contributed by atoms with Crippen molar-refractivity contribution in [3.05, 3.63) is 71.3 Å². The van der Waals surface area contributed by atoms with Gasteiger partial charge in [-0.15, -0.1) is 0 Å². The number of aliphatic hydroxyl groups is 1. The Bertz CT molecular complexity index is 630. The zero-order valence-corrected chi connectivity index (χ0v) is 12.6. The zero-order chi connectivity index (χ0) is 15.4. The second-order valence-corrected chi connectivity index (χ2v) is 5.93. The summed E-state index contributed by atoms with van der Waals surface area (Å²) < 4.78 is 0. The molecule has 3 heteroatoms. The van der Waals surface area contributed by atoms with Gasteiger partial charge in [-0.05, 0) is 36.0 Å². The topological polar surface area (TPSA) is 49.3 Å². The molecule has 0 aromatic heterocycles. The van der Waals surface area contributed by atoms with Gasteiger partial charge in [-0.1, -0.05) is 54.6 Å². The first kappa shape index (κ1) is 14.8. The molecule has 1 fully saturated rings. The SMILES string of the molecule is O=C(NCCc1ccc(CO)cc1)C1(c2ccccc2)CC1. The van der Waals surface area contributed by atoms with E-state index in [4.69, 9.17) is 5.11 Å². The van der Waals surface area contributed by atoms with E-state index in [9.17, 15) is 4.79 Å². The highest BCUT2D eigenvalue weighted by Gasteiger charge is 2.50. The Labute approximate surface area is 131 Å². The molecular formula is C19H21NO2. The van der Waals surface area contributed by atoms with Crippen LogP contribution in [0.25, 0.3) is 0 Å². The molecule has 0 aliphatic heterocycles. The van der Waals surface area contributed by atoms with E-state index < -0.39 is 0 Å². The van der Waals surface area contributed by atoms with E-state index in [1.165, 1.54) is 5.56 Å². The van der Waals surface area contributed by atoms with E-state index in [0.717, 1.165) is 30.4 Å². The lowest BCUT2D eigenvalue weighted by Gasteiger charge is -2.15. The van der Waals surface area contributed by atoms with Gasteiger partial charge in [-0.3, -0.25) is 4.79 Å². The Morgan fingerprint density at radius 2 is 1.64 bits per heavy atom. The van der Waals surface area contributed by atoms with Gasteiger partial charge >= 0.3 is 0 Å². The molecule has 0 unspecified atom stereocenters. The number of nitrogens with one attached hydrogen (secondary N) is 1. The molecule has 2 aromatic carbocycles. The fourth-order valence-electron chi connectivity index (χ4n) is 2.83. The van der Waals surface area contributed by atoms with Crippen molar-refractivity contribution in [2.45, 2.75) is 31.3 Å². The third-order valence-corrected chi connectivity index (χ3v) is 4.42. The van der Waals surface area contributed by atoms with Crippen molar-refractivity contribution >= 4 is 5.91 Å². The van der Waals surface area contributed by atoms with Crippen molar-refractivity contribution in [2.24, 2.45) is 0 Å². The van der Waals surface area contributed by atoms with E-state index in [-0.39, 0.29) is 17.9 Å². The van der Waals surface area contributed by atoms with Crippen molar-refractivity contribution < 1.29 is 9.90 Å². The van der Waals surface area contributed by atoms with Gasteiger partial charge in [0.15, 0.2) is 0 Å². The van der Waals surface area contributed by atoms with Crippen molar-refractivity contribution in [1.82, 2.24) is 5.32 Å². The number of benzene rings is 2.